The van der Waals surface area contributed by atoms with Crippen molar-refractivity contribution >= 4 is 0 Å². The summed E-state index contributed by atoms with van der Waals surface area (Å²) < 4.78 is 5.07. The first-order valence-electron chi connectivity index (χ1n) is 5.17. The standard InChI is InChI=1S/C12H14N2O2/c15-12(10-4-2-1-3-5-10)8-13-6-11-7-14-9-16-11/h1-5,7,9,12-13,15H,6,8H2. The highest BCUT2D eigenvalue weighted by Crippen LogP contribution is 2.10. The van der Waals surface area contributed by atoms with Crippen LogP contribution in [0.3, 0.4) is 0 Å². The highest BCUT2D eigenvalue weighted by Gasteiger charge is 2.06. The molecule has 16 heavy (non-hydrogen) atoms. The van der Waals surface area contributed by atoms with E-state index in [-0.39, 0.29) is 0 Å². The molecule has 2 rings (SSSR count). The van der Waals surface area contributed by atoms with Gasteiger partial charge in [0.15, 0.2) is 6.39 Å². The lowest BCUT2D eigenvalue weighted by molar-refractivity contribution is 0.173. The molecule has 1 aromatic heterocycles. The lowest BCUT2D eigenvalue weighted by Gasteiger charge is -2.10. The third-order valence-corrected chi connectivity index (χ3v) is 2.30. The average molecular weight is 218 g/mol. The van der Waals surface area contributed by atoms with Gasteiger partial charge in [0.25, 0.3) is 0 Å². The molecule has 0 aliphatic carbocycles. The Morgan fingerprint density at radius 1 is 1.31 bits per heavy atom. The number of nitrogens with one attached hydrogen (secondary N) is 1. The van der Waals surface area contributed by atoms with Crippen molar-refractivity contribution in [3.63, 3.8) is 0 Å². The number of hydrogen-bond donors (Lipinski definition) is 2. The third kappa shape index (κ3) is 2.92. The molecule has 1 aromatic carbocycles. The number of aliphatic hydroxyl groups excluding tert-OH is 1. The molecule has 0 fully saturated rings. The monoisotopic (exact) mass is 218 g/mol. The summed E-state index contributed by atoms with van der Waals surface area (Å²) in [7, 11) is 0. The Morgan fingerprint density at radius 2 is 2.12 bits per heavy atom. The zero-order chi connectivity index (χ0) is 11.2. The second kappa shape index (κ2) is 5.44. The van der Waals surface area contributed by atoms with Crippen LogP contribution in [0.1, 0.15) is 17.4 Å². The molecule has 0 aliphatic rings. The molecule has 1 unspecified atom stereocenters. The Balaban J connectivity index is 1.78. The first-order chi connectivity index (χ1) is 7.86. The molecule has 2 aromatic rings. The topological polar surface area (TPSA) is 58.3 Å². The zero-order valence-corrected chi connectivity index (χ0v) is 8.84. The first kappa shape index (κ1) is 10.9. The van der Waals surface area contributed by atoms with E-state index in [1.54, 1.807) is 6.20 Å². The maximum absolute atomic E-state index is 9.84. The highest BCUT2D eigenvalue weighted by atomic mass is 16.3. The van der Waals surface area contributed by atoms with Crippen LogP contribution in [0, 0.1) is 0 Å². The fourth-order valence-corrected chi connectivity index (χ4v) is 1.45. The number of hydrogen-bond acceptors (Lipinski definition) is 4. The predicted molar refractivity (Wildman–Crippen MR) is 59.6 cm³/mol. The summed E-state index contributed by atoms with van der Waals surface area (Å²) >= 11 is 0. The summed E-state index contributed by atoms with van der Waals surface area (Å²) in [6, 6.07) is 9.56. The summed E-state index contributed by atoms with van der Waals surface area (Å²) in [4.78, 5) is 3.81. The first-order valence-corrected chi connectivity index (χ1v) is 5.17. The molecule has 84 valence electrons. The molecule has 0 radical (unpaired) electrons. The number of benzene rings is 1. The van der Waals surface area contributed by atoms with Gasteiger partial charge < -0.3 is 14.8 Å². The number of oxazole rings is 1. The SMILES string of the molecule is OC(CNCc1cnco1)c1ccccc1. The van der Waals surface area contributed by atoms with Gasteiger partial charge >= 0.3 is 0 Å². The normalized spacial score (nSPS) is 12.6. The second-order valence-corrected chi connectivity index (χ2v) is 3.53. The van der Waals surface area contributed by atoms with Crippen LogP contribution in [-0.2, 0) is 6.54 Å². The van der Waals surface area contributed by atoms with Crippen molar-refractivity contribution in [1.82, 2.24) is 10.3 Å². The van der Waals surface area contributed by atoms with Crippen LogP contribution in [0.4, 0.5) is 0 Å². The van der Waals surface area contributed by atoms with E-state index in [1.807, 2.05) is 30.3 Å². The van der Waals surface area contributed by atoms with Crippen molar-refractivity contribution in [2.45, 2.75) is 12.6 Å². The quantitative estimate of drug-likeness (QED) is 0.798. The molecule has 0 saturated carbocycles. The Labute approximate surface area is 93.9 Å². The third-order valence-electron chi connectivity index (χ3n) is 2.30. The summed E-state index contributed by atoms with van der Waals surface area (Å²) in [6.07, 6.45) is 2.55. The fraction of sp³-hybridized carbons (Fsp3) is 0.250. The van der Waals surface area contributed by atoms with Crippen molar-refractivity contribution in [3.05, 3.63) is 54.2 Å². The van der Waals surface area contributed by atoms with E-state index in [9.17, 15) is 5.11 Å². The molecular formula is C12H14N2O2. The second-order valence-electron chi connectivity index (χ2n) is 3.53. The van der Waals surface area contributed by atoms with Gasteiger partial charge in [-0.05, 0) is 5.56 Å². The predicted octanol–water partition coefficient (Wildman–Crippen LogP) is 1.50. The van der Waals surface area contributed by atoms with Gasteiger partial charge in [0, 0.05) is 6.54 Å². The minimum absolute atomic E-state index is 0.491. The molecular weight excluding hydrogens is 204 g/mol. The minimum atomic E-state index is -0.496. The van der Waals surface area contributed by atoms with Crippen LogP contribution >= 0.6 is 0 Å². The van der Waals surface area contributed by atoms with Crippen LogP contribution in [0.5, 0.6) is 0 Å². The molecule has 2 N–H and O–H groups in total. The Hall–Kier alpha value is -1.65. The van der Waals surface area contributed by atoms with E-state index < -0.39 is 6.10 Å². The van der Waals surface area contributed by atoms with Crippen LogP contribution < -0.4 is 5.32 Å². The Bertz CT molecular complexity index is 400. The maximum Gasteiger partial charge on any atom is 0.180 e. The molecule has 0 aliphatic heterocycles. The smallest absolute Gasteiger partial charge is 0.180 e. The lowest BCUT2D eigenvalue weighted by Crippen LogP contribution is -2.20. The van der Waals surface area contributed by atoms with E-state index in [1.165, 1.54) is 6.39 Å². The van der Waals surface area contributed by atoms with Gasteiger partial charge in [-0.25, -0.2) is 4.98 Å². The summed E-state index contributed by atoms with van der Waals surface area (Å²) in [5, 5.41) is 12.9. The van der Waals surface area contributed by atoms with Gasteiger partial charge in [-0.3, -0.25) is 0 Å². The summed E-state index contributed by atoms with van der Waals surface area (Å²) in [6.45, 7) is 1.06. The zero-order valence-electron chi connectivity index (χ0n) is 8.84. The van der Waals surface area contributed by atoms with Crippen molar-refractivity contribution in [3.8, 4) is 0 Å². The number of rotatable bonds is 5. The van der Waals surface area contributed by atoms with E-state index >= 15 is 0 Å². The van der Waals surface area contributed by atoms with E-state index in [2.05, 4.69) is 10.3 Å². The Kier molecular flexibility index (Phi) is 3.69. The van der Waals surface area contributed by atoms with Gasteiger partial charge in [-0.15, -0.1) is 0 Å². The van der Waals surface area contributed by atoms with Crippen molar-refractivity contribution < 1.29 is 9.52 Å². The molecule has 0 bridgehead atoms. The van der Waals surface area contributed by atoms with Crippen LogP contribution in [0.2, 0.25) is 0 Å². The molecule has 0 saturated heterocycles. The molecule has 1 heterocycles. The number of aromatic nitrogens is 1. The molecule has 0 spiro atoms. The van der Waals surface area contributed by atoms with Gasteiger partial charge in [0.2, 0.25) is 0 Å². The van der Waals surface area contributed by atoms with Gasteiger partial charge in [-0.1, -0.05) is 30.3 Å². The number of aliphatic hydroxyl groups is 1. The van der Waals surface area contributed by atoms with Crippen molar-refractivity contribution in [2.24, 2.45) is 0 Å². The van der Waals surface area contributed by atoms with Crippen molar-refractivity contribution in [1.29, 1.82) is 0 Å². The van der Waals surface area contributed by atoms with Crippen LogP contribution in [0.15, 0.2) is 47.3 Å². The average Bonchev–Trinajstić information content (AvgIpc) is 2.83. The molecule has 4 nitrogen and oxygen atoms in total. The highest BCUT2D eigenvalue weighted by molar-refractivity contribution is 5.17. The van der Waals surface area contributed by atoms with Gasteiger partial charge in [0.05, 0.1) is 18.8 Å². The van der Waals surface area contributed by atoms with E-state index in [4.69, 9.17) is 4.42 Å². The van der Waals surface area contributed by atoms with Gasteiger partial charge in [0.1, 0.15) is 5.76 Å². The number of nitrogens with zero attached hydrogens (tertiary/aromatic N) is 1. The van der Waals surface area contributed by atoms with E-state index in [0.717, 1.165) is 11.3 Å². The lowest BCUT2D eigenvalue weighted by atomic mass is 10.1. The van der Waals surface area contributed by atoms with Gasteiger partial charge in [-0.2, -0.15) is 0 Å². The van der Waals surface area contributed by atoms with Crippen LogP contribution in [-0.4, -0.2) is 16.6 Å². The largest absolute Gasteiger partial charge is 0.447 e. The fourth-order valence-electron chi connectivity index (χ4n) is 1.45. The summed E-state index contributed by atoms with van der Waals surface area (Å²) in [5.41, 5.74) is 0.910. The molecule has 1 atom stereocenters. The molecule has 0 amide bonds. The van der Waals surface area contributed by atoms with Crippen LogP contribution in [0.25, 0.3) is 0 Å². The maximum atomic E-state index is 9.84. The summed E-state index contributed by atoms with van der Waals surface area (Å²) in [5.74, 6) is 0.764. The molecule has 4 heteroatoms. The Morgan fingerprint density at radius 3 is 2.81 bits per heavy atom. The van der Waals surface area contributed by atoms with E-state index in [0.29, 0.717) is 13.1 Å². The van der Waals surface area contributed by atoms with Crippen molar-refractivity contribution in [2.75, 3.05) is 6.54 Å². The minimum Gasteiger partial charge on any atom is -0.447 e.